The monoisotopic (exact) mass is 705 g/mol. The fraction of sp³-hybridized carbons (Fsp3) is 0.415. The molecule has 3 atom stereocenters. The van der Waals surface area contributed by atoms with Gasteiger partial charge in [0.1, 0.15) is 17.5 Å². The Balaban J connectivity index is 1.12. The van der Waals surface area contributed by atoms with E-state index in [-0.39, 0.29) is 23.6 Å². The van der Waals surface area contributed by atoms with E-state index in [4.69, 9.17) is 0 Å². The van der Waals surface area contributed by atoms with Crippen LogP contribution in [0.15, 0.2) is 91.1 Å². The van der Waals surface area contributed by atoms with Crippen molar-refractivity contribution in [1.82, 2.24) is 30.2 Å². The minimum absolute atomic E-state index is 0.0299. The Bertz CT molecular complexity index is 1800. The molecule has 2 aliphatic rings. The first kappa shape index (κ1) is 36.9. The predicted octanol–water partition coefficient (Wildman–Crippen LogP) is 4.02. The van der Waals surface area contributed by atoms with Crippen molar-refractivity contribution < 1.29 is 19.5 Å². The smallest absolute Gasteiger partial charge is 0.270 e. The molecule has 0 radical (unpaired) electrons. The molecule has 2 heterocycles. The zero-order chi connectivity index (χ0) is 36.7. The quantitative estimate of drug-likeness (QED) is 0.146. The number of anilines is 1. The van der Waals surface area contributed by atoms with Crippen molar-refractivity contribution in [3.05, 3.63) is 119 Å². The number of nitrogens with one attached hydrogen (secondary N) is 3. The van der Waals surface area contributed by atoms with Gasteiger partial charge in [0, 0.05) is 51.2 Å². The first-order chi connectivity index (χ1) is 25.2. The van der Waals surface area contributed by atoms with E-state index >= 15 is 0 Å². The number of aromatic nitrogens is 2. The predicted molar refractivity (Wildman–Crippen MR) is 201 cm³/mol. The zero-order valence-electron chi connectivity index (χ0n) is 30.4. The molecule has 11 nitrogen and oxygen atoms in total. The van der Waals surface area contributed by atoms with E-state index in [9.17, 15) is 19.5 Å². The molecule has 3 aromatic carbocycles. The highest BCUT2D eigenvalue weighted by atomic mass is 16.3. The van der Waals surface area contributed by atoms with Gasteiger partial charge in [-0.1, -0.05) is 73.7 Å². The van der Waals surface area contributed by atoms with Crippen LogP contribution in [0, 0.1) is 5.92 Å². The normalized spacial score (nSPS) is 17.2. The van der Waals surface area contributed by atoms with Gasteiger partial charge in [-0.05, 0) is 85.9 Å². The number of piperazine rings is 1. The van der Waals surface area contributed by atoms with E-state index in [0.717, 1.165) is 25.2 Å². The lowest BCUT2D eigenvalue weighted by atomic mass is 9.82. The zero-order valence-corrected chi connectivity index (χ0v) is 30.4. The molecular weight excluding hydrogens is 654 g/mol. The van der Waals surface area contributed by atoms with Gasteiger partial charge in [-0.3, -0.25) is 29.3 Å². The number of aliphatic hydroxyl groups excluding tert-OH is 1. The average Bonchev–Trinajstić information content (AvgIpc) is 3.84. The molecule has 52 heavy (non-hydrogen) atoms. The third-order valence-electron chi connectivity index (χ3n) is 10.6. The first-order valence-corrected chi connectivity index (χ1v) is 18.5. The number of carbonyl (C=O) groups excluding carboxylic acids is 3. The molecular formula is C41H51N7O4. The number of amides is 3. The van der Waals surface area contributed by atoms with Crippen LogP contribution in [-0.4, -0.2) is 86.4 Å². The first-order valence-electron chi connectivity index (χ1n) is 18.5. The SMILES string of the molecule is CCC(O)N[C@H](Cc1ccc(NC(=O)[C@](C)(NC(=O)c2ccnn2CC)C2Cc3ccccc3C2)cc1)C(=O)N1CCN(Cc2ccccc2)CC1. The van der Waals surface area contributed by atoms with Crippen LogP contribution >= 0.6 is 0 Å². The van der Waals surface area contributed by atoms with Crippen molar-refractivity contribution in [3.63, 3.8) is 0 Å². The maximum Gasteiger partial charge on any atom is 0.270 e. The minimum Gasteiger partial charge on any atom is -0.379 e. The molecule has 1 saturated heterocycles. The molecule has 3 amide bonds. The summed E-state index contributed by atoms with van der Waals surface area (Å²) in [5.74, 6) is -0.841. The molecule has 274 valence electrons. The fourth-order valence-corrected chi connectivity index (χ4v) is 7.37. The van der Waals surface area contributed by atoms with Gasteiger partial charge in [-0.15, -0.1) is 0 Å². The summed E-state index contributed by atoms with van der Waals surface area (Å²) in [6.07, 6.45) is 2.97. The van der Waals surface area contributed by atoms with Crippen LogP contribution in [0.2, 0.25) is 0 Å². The molecule has 1 aliphatic heterocycles. The molecule has 1 fully saturated rings. The average molecular weight is 706 g/mol. The molecule has 6 rings (SSSR count). The van der Waals surface area contributed by atoms with Crippen molar-refractivity contribution in [2.24, 2.45) is 5.92 Å². The number of fused-ring (bicyclic) bond motifs is 1. The van der Waals surface area contributed by atoms with Crippen LogP contribution in [0.3, 0.4) is 0 Å². The molecule has 4 aromatic rings. The number of aryl methyl sites for hydroxylation is 1. The summed E-state index contributed by atoms with van der Waals surface area (Å²) in [6.45, 7) is 9.80. The summed E-state index contributed by atoms with van der Waals surface area (Å²) in [5, 5.41) is 24.1. The van der Waals surface area contributed by atoms with Crippen molar-refractivity contribution >= 4 is 23.4 Å². The molecule has 1 unspecified atom stereocenters. The minimum atomic E-state index is -1.22. The number of rotatable bonds is 14. The van der Waals surface area contributed by atoms with E-state index in [2.05, 4.69) is 50.2 Å². The second-order valence-corrected chi connectivity index (χ2v) is 14.1. The van der Waals surface area contributed by atoms with Gasteiger partial charge in [-0.25, -0.2) is 0 Å². The summed E-state index contributed by atoms with van der Waals surface area (Å²) < 4.78 is 1.62. The number of carbonyl (C=O) groups is 3. The van der Waals surface area contributed by atoms with Crippen molar-refractivity contribution in [2.45, 2.75) is 77.4 Å². The molecule has 1 aliphatic carbocycles. The molecule has 1 aromatic heterocycles. The Hall–Kier alpha value is -4.84. The summed E-state index contributed by atoms with van der Waals surface area (Å²) in [4.78, 5) is 45.8. The van der Waals surface area contributed by atoms with Crippen molar-refractivity contribution in [2.75, 3.05) is 31.5 Å². The van der Waals surface area contributed by atoms with Crippen LogP contribution < -0.4 is 16.0 Å². The highest BCUT2D eigenvalue weighted by molar-refractivity contribution is 6.03. The van der Waals surface area contributed by atoms with E-state index < -0.39 is 17.8 Å². The molecule has 11 heteroatoms. The third-order valence-corrected chi connectivity index (χ3v) is 10.6. The van der Waals surface area contributed by atoms with Crippen LogP contribution in [0.5, 0.6) is 0 Å². The van der Waals surface area contributed by atoms with Gasteiger partial charge in [-0.2, -0.15) is 5.10 Å². The van der Waals surface area contributed by atoms with E-state index in [1.54, 1.807) is 23.9 Å². The lowest BCUT2D eigenvalue weighted by molar-refractivity contribution is -0.136. The van der Waals surface area contributed by atoms with Crippen LogP contribution in [0.1, 0.15) is 59.9 Å². The number of nitrogens with zero attached hydrogens (tertiary/aromatic N) is 4. The second-order valence-electron chi connectivity index (χ2n) is 14.1. The summed E-state index contributed by atoms with van der Waals surface area (Å²) in [6, 6.07) is 27.0. The standard InChI is InChI=1S/C41H51N7O4/c1-4-37(49)44-35(39(51)47-23-21-46(22-24-47)28-30-11-7-6-8-12-30)25-29-15-17-34(18-16-29)43-40(52)41(3,33-26-31-13-9-10-14-32(31)27-33)45-38(50)36-19-20-42-48(36)5-2/h6-20,33,35,37,44,49H,4-5,21-28H2,1-3H3,(H,43,52)(H,45,50)/t35-,37?,41-/m1/s1. The van der Waals surface area contributed by atoms with E-state index in [1.165, 1.54) is 16.7 Å². The Morgan fingerprint density at radius 1 is 0.865 bits per heavy atom. The van der Waals surface area contributed by atoms with Crippen LogP contribution in [-0.2, 0) is 41.9 Å². The summed E-state index contributed by atoms with van der Waals surface area (Å²) in [7, 11) is 0. The van der Waals surface area contributed by atoms with Gasteiger partial charge in [0.2, 0.25) is 11.8 Å². The number of hydrogen-bond acceptors (Lipinski definition) is 7. The summed E-state index contributed by atoms with van der Waals surface area (Å²) in [5.41, 5.74) is 4.28. The van der Waals surface area contributed by atoms with Crippen LogP contribution in [0.4, 0.5) is 5.69 Å². The van der Waals surface area contributed by atoms with E-state index in [0.29, 0.717) is 56.7 Å². The van der Waals surface area contributed by atoms with Crippen molar-refractivity contribution in [3.8, 4) is 0 Å². The number of benzene rings is 3. The molecule has 0 spiro atoms. The summed E-state index contributed by atoms with van der Waals surface area (Å²) >= 11 is 0. The highest BCUT2D eigenvalue weighted by Crippen LogP contribution is 2.35. The highest BCUT2D eigenvalue weighted by Gasteiger charge is 2.45. The topological polar surface area (TPSA) is 132 Å². The Morgan fingerprint density at radius 2 is 1.52 bits per heavy atom. The number of aliphatic hydroxyl groups is 1. The number of hydrogen-bond donors (Lipinski definition) is 4. The Morgan fingerprint density at radius 3 is 2.15 bits per heavy atom. The fourth-order valence-electron chi connectivity index (χ4n) is 7.37. The van der Waals surface area contributed by atoms with Gasteiger partial charge in [0.15, 0.2) is 0 Å². The van der Waals surface area contributed by atoms with Gasteiger partial charge in [0.05, 0.1) is 6.04 Å². The molecule has 0 saturated carbocycles. The van der Waals surface area contributed by atoms with Crippen LogP contribution in [0.25, 0.3) is 0 Å². The maximum absolute atomic E-state index is 14.2. The lowest BCUT2D eigenvalue weighted by Gasteiger charge is -2.37. The Labute approximate surface area is 306 Å². The van der Waals surface area contributed by atoms with Gasteiger partial charge >= 0.3 is 0 Å². The molecule has 0 bridgehead atoms. The van der Waals surface area contributed by atoms with Gasteiger partial charge < -0.3 is 20.6 Å². The van der Waals surface area contributed by atoms with E-state index in [1.807, 2.05) is 73.3 Å². The largest absolute Gasteiger partial charge is 0.379 e. The molecule has 4 N–H and O–H groups in total. The lowest BCUT2D eigenvalue weighted by Crippen LogP contribution is -2.60. The maximum atomic E-state index is 14.2. The van der Waals surface area contributed by atoms with Crippen molar-refractivity contribution in [1.29, 1.82) is 0 Å². The third kappa shape index (κ3) is 8.61. The second kappa shape index (κ2) is 16.7. The Kier molecular flexibility index (Phi) is 11.8. The van der Waals surface area contributed by atoms with Gasteiger partial charge in [0.25, 0.3) is 5.91 Å².